The van der Waals surface area contributed by atoms with Crippen LogP contribution < -0.4 is 11.1 Å². The number of anilines is 1. The second-order valence-corrected chi connectivity index (χ2v) is 4.52. The molecule has 2 aromatic rings. The van der Waals surface area contributed by atoms with Crippen LogP contribution in [0.4, 0.5) is 5.69 Å². The van der Waals surface area contributed by atoms with E-state index in [0.29, 0.717) is 11.8 Å². The quantitative estimate of drug-likeness (QED) is 0.884. The molecule has 0 aliphatic carbocycles. The van der Waals surface area contributed by atoms with Crippen molar-refractivity contribution in [2.75, 3.05) is 5.32 Å². The number of amides is 1. The number of hydrogen-bond acceptors (Lipinski definition) is 4. The van der Waals surface area contributed by atoms with Crippen molar-refractivity contribution in [3.63, 3.8) is 0 Å². The van der Waals surface area contributed by atoms with Gasteiger partial charge in [-0.25, -0.2) is 4.98 Å². The molecule has 0 unspecified atom stereocenters. The molecule has 1 heterocycles. The van der Waals surface area contributed by atoms with Gasteiger partial charge >= 0.3 is 0 Å². The van der Waals surface area contributed by atoms with Crippen molar-refractivity contribution in [3.8, 4) is 0 Å². The monoisotopic (exact) mass is 259 g/mol. The zero-order valence-corrected chi connectivity index (χ0v) is 11.0. The third-order valence-electron chi connectivity index (χ3n) is 2.78. The van der Waals surface area contributed by atoms with Crippen LogP contribution in [0.15, 0.2) is 34.9 Å². The average Bonchev–Trinajstić information content (AvgIpc) is 2.88. The molecule has 100 valence electrons. The van der Waals surface area contributed by atoms with Crippen LogP contribution in [-0.4, -0.2) is 10.9 Å². The maximum Gasteiger partial charge on any atom is 0.293 e. The van der Waals surface area contributed by atoms with E-state index in [1.165, 1.54) is 6.20 Å². The fourth-order valence-corrected chi connectivity index (χ4v) is 1.81. The summed E-state index contributed by atoms with van der Waals surface area (Å²) < 4.78 is 5.22. The van der Waals surface area contributed by atoms with Gasteiger partial charge in [0.25, 0.3) is 5.91 Å². The normalized spacial score (nSPS) is 10.7. The van der Waals surface area contributed by atoms with Gasteiger partial charge in [0.15, 0.2) is 0 Å². The van der Waals surface area contributed by atoms with Crippen LogP contribution >= 0.6 is 0 Å². The van der Waals surface area contributed by atoms with Crippen LogP contribution in [0.25, 0.3) is 0 Å². The van der Waals surface area contributed by atoms with Gasteiger partial charge in [-0.2, -0.15) is 0 Å². The molecule has 1 aromatic heterocycles. The van der Waals surface area contributed by atoms with Gasteiger partial charge in [0, 0.05) is 5.69 Å². The van der Waals surface area contributed by atoms with Crippen LogP contribution in [0.5, 0.6) is 0 Å². The molecule has 19 heavy (non-hydrogen) atoms. The van der Waals surface area contributed by atoms with Crippen molar-refractivity contribution in [1.29, 1.82) is 0 Å². The first kappa shape index (κ1) is 13.3. The molecule has 5 nitrogen and oxygen atoms in total. The van der Waals surface area contributed by atoms with E-state index in [-0.39, 0.29) is 18.2 Å². The molecule has 0 fully saturated rings. The predicted octanol–water partition coefficient (Wildman–Crippen LogP) is 2.51. The number of nitrogens with two attached hydrogens (primary N) is 1. The minimum atomic E-state index is -0.319. The Morgan fingerprint density at radius 3 is 2.79 bits per heavy atom. The number of aromatic nitrogens is 1. The number of rotatable bonds is 4. The Hall–Kier alpha value is -2.14. The molecule has 3 N–H and O–H groups in total. The SMILES string of the molecule is CC(C)c1ccccc1NC(=O)c1cnc(CN)o1. The highest BCUT2D eigenvalue weighted by molar-refractivity contribution is 6.02. The van der Waals surface area contributed by atoms with E-state index in [0.717, 1.165) is 11.3 Å². The summed E-state index contributed by atoms with van der Waals surface area (Å²) in [6.07, 6.45) is 1.38. The van der Waals surface area contributed by atoms with Gasteiger partial charge in [-0.3, -0.25) is 4.79 Å². The molecule has 2 rings (SSSR count). The summed E-state index contributed by atoms with van der Waals surface area (Å²) in [6.45, 7) is 4.33. The van der Waals surface area contributed by atoms with Gasteiger partial charge in [0.2, 0.25) is 11.7 Å². The Morgan fingerprint density at radius 1 is 1.42 bits per heavy atom. The van der Waals surface area contributed by atoms with Crippen LogP contribution in [0.3, 0.4) is 0 Å². The predicted molar refractivity (Wildman–Crippen MR) is 72.9 cm³/mol. The first-order valence-electron chi connectivity index (χ1n) is 6.17. The molecule has 5 heteroatoms. The summed E-state index contributed by atoms with van der Waals surface area (Å²) in [6, 6.07) is 7.69. The van der Waals surface area contributed by atoms with Crippen LogP contribution in [0, 0.1) is 0 Å². The van der Waals surface area contributed by atoms with Crippen LogP contribution in [-0.2, 0) is 6.54 Å². The van der Waals surface area contributed by atoms with Gasteiger partial charge in [-0.15, -0.1) is 0 Å². The van der Waals surface area contributed by atoms with Crippen LogP contribution in [0.2, 0.25) is 0 Å². The molecule has 0 bridgehead atoms. The fraction of sp³-hybridized carbons (Fsp3) is 0.286. The third-order valence-corrected chi connectivity index (χ3v) is 2.78. The number of carbonyl (C=O) groups is 1. The molecule has 0 aliphatic rings. The van der Waals surface area contributed by atoms with E-state index in [4.69, 9.17) is 10.2 Å². The molecule has 1 amide bonds. The summed E-state index contributed by atoms with van der Waals surface area (Å²) in [5.41, 5.74) is 7.26. The lowest BCUT2D eigenvalue weighted by molar-refractivity contribution is 0.0995. The van der Waals surface area contributed by atoms with E-state index < -0.39 is 0 Å². The van der Waals surface area contributed by atoms with Crippen molar-refractivity contribution < 1.29 is 9.21 Å². The van der Waals surface area contributed by atoms with Gasteiger partial charge in [-0.05, 0) is 17.5 Å². The highest BCUT2D eigenvalue weighted by Gasteiger charge is 2.14. The standard InChI is InChI=1S/C14H17N3O2/c1-9(2)10-5-3-4-6-11(10)17-14(18)12-8-16-13(7-15)19-12/h3-6,8-9H,7,15H2,1-2H3,(H,17,18). The molecule has 0 saturated carbocycles. The summed E-state index contributed by atoms with van der Waals surface area (Å²) in [5.74, 6) is 0.521. The van der Waals surface area contributed by atoms with Gasteiger partial charge in [0.05, 0.1) is 12.7 Å². The molecule has 1 aromatic carbocycles. The summed E-state index contributed by atoms with van der Waals surface area (Å²) in [4.78, 5) is 15.9. The first-order chi connectivity index (χ1) is 9.11. The Labute approximate surface area is 111 Å². The number of carbonyl (C=O) groups excluding carboxylic acids is 1. The lowest BCUT2D eigenvalue weighted by atomic mass is 10.0. The van der Waals surface area contributed by atoms with Crippen LogP contribution in [0.1, 0.15) is 41.8 Å². The van der Waals surface area contributed by atoms with Gasteiger partial charge in [-0.1, -0.05) is 32.0 Å². The summed E-state index contributed by atoms with van der Waals surface area (Å²) in [7, 11) is 0. The van der Waals surface area contributed by atoms with Crippen molar-refractivity contribution in [1.82, 2.24) is 4.98 Å². The van der Waals surface area contributed by atoms with Crippen molar-refractivity contribution in [3.05, 3.63) is 47.7 Å². The van der Waals surface area contributed by atoms with E-state index in [9.17, 15) is 4.79 Å². The number of benzene rings is 1. The number of oxazole rings is 1. The highest BCUT2D eigenvalue weighted by Crippen LogP contribution is 2.24. The van der Waals surface area contributed by atoms with E-state index in [2.05, 4.69) is 24.1 Å². The zero-order valence-electron chi connectivity index (χ0n) is 11.0. The summed E-state index contributed by atoms with van der Waals surface area (Å²) in [5, 5.41) is 2.83. The molecule has 0 radical (unpaired) electrons. The fourth-order valence-electron chi connectivity index (χ4n) is 1.81. The maximum atomic E-state index is 12.0. The largest absolute Gasteiger partial charge is 0.434 e. The van der Waals surface area contributed by atoms with Crippen molar-refractivity contribution in [2.45, 2.75) is 26.3 Å². The first-order valence-corrected chi connectivity index (χ1v) is 6.17. The Balaban J connectivity index is 2.19. The number of nitrogens with zero attached hydrogens (tertiary/aromatic N) is 1. The minimum Gasteiger partial charge on any atom is -0.434 e. The highest BCUT2D eigenvalue weighted by atomic mass is 16.4. The smallest absolute Gasteiger partial charge is 0.293 e. The summed E-state index contributed by atoms with van der Waals surface area (Å²) >= 11 is 0. The molecule has 0 atom stereocenters. The molecule has 0 saturated heterocycles. The second kappa shape index (κ2) is 5.67. The van der Waals surface area contributed by atoms with Crippen molar-refractivity contribution >= 4 is 11.6 Å². The number of para-hydroxylation sites is 1. The Bertz CT molecular complexity index is 576. The molecular formula is C14H17N3O2. The third kappa shape index (κ3) is 3.00. The second-order valence-electron chi connectivity index (χ2n) is 4.52. The van der Waals surface area contributed by atoms with E-state index >= 15 is 0 Å². The topological polar surface area (TPSA) is 81.2 Å². The number of hydrogen-bond donors (Lipinski definition) is 2. The Morgan fingerprint density at radius 2 is 2.16 bits per heavy atom. The molecular weight excluding hydrogens is 242 g/mol. The maximum absolute atomic E-state index is 12.0. The van der Waals surface area contributed by atoms with Gasteiger partial charge < -0.3 is 15.5 Å². The molecule has 0 spiro atoms. The average molecular weight is 259 g/mol. The van der Waals surface area contributed by atoms with Crippen molar-refractivity contribution in [2.24, 2.45) is 5.73 Å². The zero-order chi connectivity index (χ0) is 13.8. The Kier molecular flexibility index (Phi) is 3.97. The van der Waals surface area contributed by atoms with E-state index in [1.54, 1.807) is 0 Å². The lowest BCUT2D eigenvalue weighted by Crippen LogP contribution is -2.12. The molecule has 0 aliphatic heterocycles. The van der Waals surface area contributed by atoms with E-state index in [1.807, 2.05) is 24.3 Å². The van der Waals surface area contributed by atoms with Gasteiger partial charge in [0.1, 0.15) is 0 Å². The minimum absolute atomic E-state index is 0.166. The lowest BCUT2D eigenvalue weighted by Gasteiger charge is -2.12. The number of nitrogens with one attached hydrogen (secondary N) is 1.